The van der Waals surface area contributed by atoms with Gasteiger partial charge in [-0.05, 0) is 18.2 Å². The van der Waals surface area contributed by atoms with Gasteiger partial charge in [-0.1, -0.05) is 0 Å². The number of hydrogen-bond acceptors (Lipinski definition) is 6. The zero-order chi connectivity index (χ0) is 13.9. The van der Waals surface area contributed by atoms with Crippen molar-refractivity contribution < 1.29 is 9.47 Å². The van der Waals surface area contributed by atoms with E-state index in [0.29, 0.717) is 17.3 Å². The maximum atomic E-state index is 5.30. The Hall–Kier alpha value is -1.93. The Morgan fingerprint density at radius 3 is 2.62 bits per heavy atom. The van der Waals surface area contributed by atoms with Crippen LogP contribution in [0.5, 0.6) is 11.5 Å². The molecule has 3 aromatic rings. The van der Waals surface area contributed by atoms with E-state index in [1.54, 1.807) is 14.2 Å². The maximum absolute atomic E-state index is 5.30. The number of H-pyrrole nitrogens is 1. The topological polar surface area (TPSA) is 72.9 Å². The highest BCUT2D eigenvalue weighted by Gasteiger charge is 2.11. The van der Waals surface area contributed by atoms with Gasteiger partial charge in [-0.25, -0.2) is 9.97 Å². The van der Waals surface area contributed by atoms with Gasteiger partial charge in [-0.2, -0.15) is 5.10 Å². The minimum absolute atomic E-state index is 0. The van der Waals surface area contributed by atoms with Crippen molar-refractivity contribution in [3.63, 3.8) is 0 Å². The summed E-state index contributed by atoms with van der Waals surface area (Å²) in [7, 11) is 3.23. The van der Waals surface area contributed by atoms with Crippen molar-refractivity contribution in [2.45, 2.75) is 0 Å². The molecule has 0 unspecified atom stereocenters. The molecule has 0 aliphatic carbocycles. The van der Waals surface area contributed by atoms with Gasteiger partial charge in [-0.15, -0.1) is 28.3 Å². The minimum atomic E-state index is 0. The fourth-order valence-corrected chi connectivity index (χ4v) is 2.59. The summed E-state index contributed by atoms with van der Waals surface area (Å²) in [6, 6.07) is 5.71. The van der Waals surface area contributed by atoms with Crippen LogP contribution in [-0.4, -0.2) is 34.4 Å². The second kappa shape index (κ2) is 6.68. The van der Waals surface area contributed by atoms with Gasteiger partial charge in [0.1, 0.15) is 6.33 Å². The number of aromatic amines is 1. The number of halogens is 1. The van der Waals surface area contributed by atoms with E-state index in [0.717, 1.165) is 16.3 Å². The fourth-order valence-electron chi connectivity index (χ4n) is 1.82. The molecule has 0 aliphatic rings. The molecular weight excluding hydrogens is 356 g/mol. The van der Waals surface area contributed by atoms with Crippen molar-refractivity contribution in [1.82, 2.24) is 20.2 Å². The summed E-state index contributed by atoms with van der Waals surface area (Å²) in [4.78, 5) is 8.63. The molecular formula is C13H13BrN4O2S. The molecule has 0 aliphatic heterocycles. The summed E-state index contributed by atoms with van der Waals surface area (Å²) in [5.41, 5.74) is 1.83. The lowest BCUT2D eigenvalue weighted by Crippen LogP contribution is -1.91. The molecule has 1 N–H and O–H groups in total. The van der Waals surface area contributed by atoms with Gasteiger partial charge in [0, 0.05) is 10.9 Å². The Bertz CT molecular complexity index is 715. The van der Waals surface area contributed by atoms with Crippen molar-refractivity contribution in [2.24, 2.45) is 0 Å². The third-order valence-electron chi connectivity index (χ3n) is 2.80. The number of hydrogen-bond donors (Lipinski definition) is 1. The van der Waals surface area contributed by atoms with E-state index >= 15 is 0 Å². The molecule has 8 heteroatoms. The first-order valence-electron chi connectivity index (χ1n) is 5.85. The van der Waals surface area contributed by atoms with E-state index in [4.69, 9.17) is 9.47 Å². The lowest BCUT2D eigenvalue weighted by atomic mass is 10.1. The first-order valence-corrected chi connectivity index (χ1v) is 6.73. The average molecular weight is 369 g/mol. The van der Waals surface area contributed by atoms with Gasteiger partial charge < -0.3 is 9.47 Å². The lowest BCUT2D eigenvalue weighted by Gasteiger charge is -2.08. The number of thiazole rings is 1. The highest BCUT2D eigenvalue weighted by molar-refractivity contribution is 8.93. The monoisotopic (exact) mass is 368 g/mol. The van der Waals surface area contributed by atoms with Crippen LogP contribution in [0.4, 0.5) is 0 Å². The second-order valence-electron chi connectivity index (χ2n) is 3.94. The Kier molecular flexibility index (Phi) is 4.92. The van der Waals surface area contributed by atoms with E-state index in [2.05, 4.69) is 20.2 Å². The van der Waals surface area contributed by atoms with Crippen molar-refractivity contribution >= 4 is 28.3 Å². The number of rotatable bonds is 4. The van der Waals surface area contributed by atoms with Crippen LogP contribution in [0.15, 0.2) is 29.9 Å². The zero-order valence-electron chi connectivity index (χ0n) is 11.4. The molecule has 2 heterocycles. The summed E-state index contributed by atoms with van der Waals surface area (Å²) < 4.78 is 10.5. The quantitative estimate of drug-likeness (QED) is 0.765. The number of aromatic nitrogens is 4. The number of nitrogens with one attached hydrogen (secondary N) is 1. The molecule has 3 rings (SSSR count). The van der Waals surface area contributed by atoms with E-state index < -0.39 is 0 Å². The predicted molar refractivity (Wildman–Crippen MR) is 86.4 cm³/mol. The van der Waals surface area contributed by atoms with Gasteiger partial charge in [-0.3, -0.25) is 5.10 Å². The van der Waals surface area contributed by atoms with E-state index in [9.17, 15) is 0 Å². The Labute approximate surface area is 135 Å². The fraction of sp³-hybridized carbons (Fsp3) is 0.154. The van der Waals surface area contributed by atoms with Gasteiger partial charge in [0.2, 0.25) is 0 Å². The summed E-state index contributed by atoms with van der Waals surface area (Å²) in [6.45, 7) is 0. The molecule has 0 spiro atoms. The molecule has 0 saturated heterocycles. The van der Waals surface area contributed by atoms with Crippen molar-refractivity contribution in [2.75, 3.05) is 14.2 Å². The highest BCUT2D eigenvalue weighted by atomic mass is 79.9. The third kappa shape index (κ3) is 3.06. The number of ether oxygens (including phenoxy) is 2. The molecule has 1 aromatic carbocycles. The number of methoxy groups -OCH3 is 2. The van der Waals surface area contributed by atoms with Crippen LogP contribution in [0.1, 0.15) is 0 Å². The van der Waals surface area contributed by atoms with Crippen molar-refractivity contribution in [3.8, 4) is 33.6 Å². The SMILES string of the molecule is Br.COc1ccc(-c2csc(-c3ncn[nH]3)n2)cc1OC. The van der Waals surface area contributed by atoms with Crippen LogP contribution in [-0.2, 0) is 0 Å². The summed E-state index contributed by atoms with van der Waals surface area (Å²) in [5.74, 6) is 2.04. The Morgan fingerprint density at radius 2 is 1.95 bits per heavy atom. The summed E-state index contributed by atoms with van der Waals surface area (Å²) in [5, 5.41) is 9.40. The summed E-state index contributed by atoms with van der Waals surface area (Å²) in [6.07, 6.45) is 1.47. The zero-order valence-corrected chi connectivity index (χ0v) is 13.9. The smallest absolute Gasteiger partial charge is 0.184 e. The standard InChI is InChI=1S/C13H12N4O2S.BrH/c1-18-10-4-3-8(5-11(10)19-2)9-6-20-13(16-9)12-14-7-15-17-12;/h3-7H,1-2H3,(H,14,15,17);1H. The van der Waals surface area contributed by atoms with Gasteiger partial charge in [0.25, 0.3) is 0 Å². The first kappa shape index (κ1) is 15.5. The normalized spacial score (nSPS) is 10.0. The van der Waals surface area contributed by atoms with Crippen LogP contribution >= 0.6 is 28.3 Å². The molecule has 110 valence electrons. The van der Waals surface area contributed by atoms with Crippen molar-refractivity contribution in [3.05, 3.63) is 29.9 Å². The average Bonchev–Trinajstić information content (AvgIpc) is 3.16. The third-order valence-corrected chi connectivity index (χ3v) is 3.65. The molecule has 0 amide bonds. The van der Waals surface area contributed by atoms with Crippen LogP contribution in [0.25, 0.3) is 22.1 Å². The molecule has 0 radical (unpaired) electrons. The first-order chi connectivity index (χ1) is 9.81. The maximum Gasteiger partial charge on any atom is 0.184 e. The van der Waals surface area contributed by atoms with Crippen LogP contribution in [0, 0.1) is 0 Å². The highest BCUT2D eigenvalue weighted by Crippen LogP contribution is 2.33. The van der Waals surface area contributed by atoms with E-state index in [1.807, 2.05) is 23.6 Å². The summed E-state index contributed by atoms with van der Waals surface area (Å²) >= 11 is 1.51. The van der Waals surface area contributed by atoms with Crippen LogP contribution < -0.4 is 9.47 Å². The molecule has 21 heavy (non-hydrogen) atoms. The molecule has 2 aromatic heterocycles. The molecule has 0 fully saturated rings. The van der Waals surface area contributed by atoms with Gasteiger partial charge in [0.05, 0.1) is 19.9 Å². The van der Waals surface area contributed by atoms with E-state index in [-0.39, 0.29) is 17.0 Å². The van der Waals surface area contributed by atoms with E-state index in [1.165, 1.54) is 17.7 Å². The second-order valence-corrected chi connectivity index (χ2v) is 4.80. The predicted octanol–water partition coefficient (Wildman–Crippen LogP) is 3.19. The Balaban J connectivity index is 0.00000161. The van der Waals surface area contributed by atoms with Gasteiger partial charge in [0.15, 0.2) is 22.3 Å². The Morgan fingerprint density at radius 1 is 1.14 bits per heavy atom. The lowest BCUT2D eigenvalue weighted by molar-refractivity contribution is 0.355. The molecule has 0 saturated carbocycles. The largest absolute Gasteiger partial charge is 0.493 e. The van der Waals surface area contributed by atoms with Crippen LogP contribution in [0.3, 0.4) is 0 Å². The molecule has 0 atom stereocenters. The van der Waals surface area contributed by atoms with Crippen molar-refractivity contribution in [1.29, 1.82) is 0 Å². The number of nitrogens with zero attached hydrogens (tertiary/aromatic N) is 3. The van der Waals surface area contributed by atoms with Gasteiger partial charge >= 0.3 is 0 Å². The molecule has 6 nitrogen and oxygen atoms in total. The minimum Gasteiger partial charge on any atom is -0.493 e. The van der Waals surface area contributed by atoms with Crippen LogP contribution in [0.2, 0.25) is 0 Å². The number of benzene rings is 1. The molecule has 0 bridgehead atoms.